The largest absolute Gasteiger partial charge is 0.490 e. The van der Waals surface area contributed by atoms with Gasteiger partial charge in [0.15, 0.2) is 11.5 Å². The van der Waals surface area contributed by atoms with E-state index in [0.717, 1.165) is 12.0 Å². The number of carbonyl (C=O) groups excluding carboxylic acids is 1. The lowest BCUT2D eigenvalue weighted by atomic mass is 10.1. The number of hydrogen-bond donors (Lipinski definition) is 1. The smallest absolute Gasteiger partial charge is 0.305 e. The highest BCUT2D eigenvalue weighted by Gasteiger charge is 2.08. The van der Waals surface area contributed by atoms with Gasteiger partial charge in [-0.2, -0.15) is 0 Å². The summed E-state index contributed by atoms with van der Waals surface area (Å²) in [7, 11) is 1.38. The summed E-state index contributed by atoms with van der Waals surface area (Å²) in [6, 6.07) is 5.94. The van der Waals surface area contributed by atoms with Crippen molar-refractivity contribution in [2.24, 2.45) is 5.73 Å². The van der Waals surface area contributed by atoms with Gasteiger partial charge in [0.05, 0.1) is 20.3 Å². The van der Waals surface area contributed by atoms with Crippen LogP contribution in [0.2, 0.25) is 0 Å². The molecule has 2 N–H and O–H groups in total. The average molecular weight is 295 g/mol. The summed E-state index contributed by atoms with van der Waals surface area (Å²) in [6.45, 7) is 4.92. The summed E-state index contributed by atoms with van der Waals surface area (Å²) >= 11 is 0. The van der Waals surface area contributed by atoms with Gasteiger partial charge >= 0.3 is 5.97 Å². The SMILES string of the molecule is CCOc1cc(CC(C)N)ccc1OCCCC(=O)OC. The fraction of sp³-hybridized carbons (Fsp3) is 0.562. The van der Waals surface area contributed by atoms with Crippen molar-refractivity contribution in [3.05, 3.63) is 23.8 Å². The molecule has 0 aromatic heterocycles. The van der Waals surface area contributed by atoms with Crippen molar-refractivity contribution in [3.63, 3.8) is 0 Å². The van der Waals surface area contributed by atoms with Gasteiger partial charge in [0, 0.05) is 12.5 Å². The molecule has 0 radical (unpaired) electrons. The average Bonchev–Trinajstić information content (AvgIpc) is 2.44. The van der Waals surface area contributed by atoms with E-state index in [1.54, 1.807) is 0 Å². The van der Waals surface area contributed by atoms with Crippen LogP contribution in [-0.4, -0.2) is 32.3 Å². The van der Waals surface area contributed by atoms with Gasteiger partial charge < -0.3 is 19.9 Å². The molecule has 21 heavy (non-hydrogen) atoms. The van der Waals surface area contributed by atoms with Crippen LogP contribution in [0.15, 0.2) is 18.2 Å². The lowest BCUT2D eigenvalue weighted by Gasteiger charge is -2.14. The van der Waals surface area contributed by atoms with E-state index in [-0.39, 0.29) is 12.0 Å². The molecule has 5 nitrogen and oxygen atoms in total. The monoisotopic (exact) mass is 295 g/mol. The molecule has 1 atom stereocenters. The molecule has 0 aliphatic heterocycles. The summed E-state index contributed by atoms with van der Waals surface area (Å²) in [5.74, 6) is 1.18. The molecule has 0 heterocycles. The number of ether oxygens (including phenoxy) is 3. The summed E-state index contributed by atoms with van der Waals surface area (Å²) in [4.78, 5) is 11.0. The van der Waals surface area contributed by atoms with Crippen LogP contribution in [-0.2, 0) is 16.0 Å². The molecule has 0 amide bonds. The summed E-state index contributed by atoms with van der Waals surface area (Å²) < 4.78 is 15.9. The maximum atomic E-state index is 11.0. The molecule has 118 valence electrons. The van der Waals surface area contributed by atoms with Crippen LogP contribution in [0.1, 0.15) is 32.3 Å². The van der Waals surface area contributed by atoms with Crippen LogP contribution in [0.4, 0.5) is 0 Å². The van der Waals surface area contributed by atoms with Crippen molar-refractivity contribution >= 4 is 5.97 Å². The number of esters is 1. The van der Waals surface area contributed by atoms with Crippen molar-refractivity contribution in [2.75, 3.05) is 20.3 Å². The number of hydrogen-bond acceptors (Lipinski definition) is 5. The molecule has 0 bridgehead atoms. The van der Waals surface area contributed by atoms with Crippen LogP contribution >= 0.6 is 0 Å². The maximum Gasteiger partial charge on any atom is 0.305 e. The van der Waals surface area contributed by atoms with Gasteiger partial charge in [0.25, 0.3) is 0 Å². The molecule has 1 unspecified atom stereocenters. The fourth-order valence-electron chi connectivity index (χ4n) is 1.94. The zero-order valence-corrected chi connectivity index (χ0v) is 13.1. The first kappa shape index (κ1) is 17.3. The Morgan fingerprint density at radius 2 is 2.05 bits per heavy atom. The van der Waals surface area contributed by atoms with Crippen molar-refractivity contribution < 1.29 is 19.0 Å². The van der Waals surface area contributed by atoms with E-state index < -0.39 is 0 Å². The van der Waals surface area contributed by atoms with E-state index in [1.807, 2.05) is 32.0 Å². The van der Waals surface area contributed by atoms with E-state index in [9.17, 15) is 4.79 Å². The summed E-state index contributed by atoms with van der Waals surface area (Å²) in [5, 5.41) is 0. The van der Waals surface area contributed by atoms with E-state index in [4.69, 9.17) is 15.2 Å². The molecule has 0 saturated heterocycles. The molecular formula is C16H25NO4. The molecule has 1 rings (SSSR count). The topological polar surface area (TPSA) is 70.8 Å². The number of methoxy groups -OCH3 is 1. The molecular weight excluding hydrogens is 270 g/mol. The van der Waals surface area contributed by atoms with E-state index in [0.29, 0.717) is 37.6 Å². The Hall–Kier alpha value is -1.75. The molecule has 0 saturated carbocycles. The van der Waals surface area contributed by atoms with E-state index in [1.165, 1.54) is 7.11 Å². The van der Waals surface area contributed by atoms with Crippen molar-refractivity contribution in [1.82, 2.24) is 0 Å². The maximum absolute atomic E-state index is 11.0. The second-order valence-corrected chi connectivity index (χ2v) is 4.92. The van der Waals surface area contributed by atoms with Crippen LogP contribution < -0.4 is 15.2 Å². The van der Waals surface area contributed by atoms with Gasteiger partial charge in [-0.05, 0) is 44.4 Å². The standard InChI is InChI=1S/C16H25NO4/c1-4-20-15-11-13(10-12(2)17)7-8-14(15)21-9-5-6-16(18)19-3/h7-8,11-12H,4-6,9-10,17H2,1-3H3. The highest BCUT2D eigenvalue weighted by molar-refractivity contribution is 5.69. The van der Waals surface area contributed by atoms with E-state index in [2.05, 4.69) is 4.74 Å². The number of benzene rings is 1. The van der Waals surface area contributed by atoms with Crippen LogP contribution in [0.3, 0.4) is 0 Å². The minimum Gasteiger partial charge on any atom is -0.490 e. The minimum atomic E-state index is -0.226. The molecule has 5 heteroatoms. The lowest BCUT2D eigenvalue weighted by Crippen LogP contribution is -2.17. The van der Waals surface area contributed by atoms with E-state index >= 15 is 0 Å². The Labute approximate surface area is 126 Å². The number of carbonyl (C=O) groups is 1. The molecule has 1 aromatic carbocycles. The summed E-state index contributed by atoms with van der Waals surface area (Å²) in [6.07, 6.45) is 1.76. The second-order valence-electron chi connectivity index (χ2n) is 4.92. The molecule has 0 fully saturated rings. The Morgan fingerprint density at radius 1 is 1.29 bits per heavy atom. The van der Waals surface area contributed by atoms with Gasteiger partial charge in [-0.3, -0.25) is 4.79 Å². The van der Waals surface area contributed by atoms with Crippen molar-refractivity contribution in [2.45, 2.75) is 39.2 Å². The summed E-state index contributed by atoms with van der Waals surface area (Å²) in [5.41, 5.74) is 6.93. The molecule has 0 aliphatic carbocycles. The van der Waals surface area contributed by atoms with Crippen LogP contribution in [0, 0.1) is 0 Å². The van der Waals surface area contributed by atoms with Crippen molar-refractivity contribution in [1.29, 1.82) is 0 Å². The highest BCUT2D eigenvalue weighted by atomic mass is 16.5. The van der Waals surface area contributed by atoms with Gasteiger partial charge in [0.2, 0.25) is 0 Å². The number of nitrogens with two attached hydrogens (primary N) is 1. The van der Waals surface area contributed by atoms with Crippen LogP contribution in [0.5, 0.6) is 11.5 Å². The quantitative estimate of drug-likeness (QED) is 0.559. The Bertz CT molecular complexity index is 446. The predicted octanol–water partition coefficient (Wildman–Crippen LogP) is 2.31. The van der Waals surface area contributed by atoms with Crippen LogP contribution in [0.25, 0.3) is 0 Å². The van der Waals surface area contributed by atoms with Gasteiger partial charge in [-0.25, -0.2) is 0 Å². The Balaban J connectivity index is 2.61. The third-order valence-electron chi connectivity index (χ3n) is 2.88. The molecule has 0 spiro atoms. The van der Waals surface area contributed by atoms with Crippen molar-refractivity contribution in [3.8, 4) is 11.5 Å². The van der Waals surface area contributed by atoms with Gasteiger partial charge in [0.1, 0.15) is 0 Å². The molecule has 0 aliphatic rings. The second kappa shape index (κ2) is 9.23. The highest BCUT2D eigenvalue weighted by Crippen LogP contribution is 2.29. The fourth-order valence-corrected chi connectivity index (χ4v) is 1.94. The first-order valence-electron chi connectivity index (χ1n) is 7.27. The first-order valence-corrected chi connectivity index (χ1v) is 7.27. The predicted molar refractivity (Wildman–Crippen MR) is 81.7 cm³/mol. The Kier molecular flexibility index (Phi) is 7.61. The molecule has 1 aromatic rings. The third-order valence-corrected chi connectivity index (χ3v) is 2.88. The number of rotatable bonds is 9. The zero-order valence-electron chi connectivity index (χ0n) is 13.1. The Morgan fingerprint density at radius 3 is 2.67 bits per heavy atom. The lowest BCUT2D eigenvalue weighted by molar-refractivity contribution is -0.140. The van der Waals surface area contributed by atoms with Gasteiger partial charge in [-0.1, -0.05) is 6.07 Å². The normalized spacial score (nSPS) is 11.8. The first-order chi connectivity index (χ1) is 10.1. The third kappa shape index (κ3) is 6.49. The zero-order chi connectivity index (χ0) is 15.7. The minimum absolute atomic E-state index is 0.103. The van der Waals surface area contributed by atoms with Gasteiger partial charge in [-0.15, -0.1) is 0 Å².